The zero-order chi connectivity index (χ0) is 14.8. The molecule has 0 radical (unpaired) electrons. The van der Waals surface area contributed by atoms with Crippen molar-refractivity contribution in [3.05, 3.63) is 34.9 Å². The van der Waals surface area contributed by atoms with Gasteiger partial charge in [0, 0.05) is 11.4 Å². The highest BCUT2D eigenvalue weighted by Crippen LogP contribution is 2.33. The van der Waals surface area contributed by atoms with Gasteiger partial charge in [-0.05, 0) is 56.6 Å². The van der Waals surface area contributed by atoms with Gasteiger partial charge in [0.05, 0.1) is 5.54 Å². The van der Waals surface area contributed by atoms with E-state index in [4.69, 9.17) is 11.6 Å². The van der Waals surface area contributed by atoms with Crippen LogP contribution in [0, 0.1) is 19.8 Å². The third-order valence-electron chi connectivity index (χ3n) is 4.57. The summed E-state index contributed by atoms with van der Waals surface area (Å²) in [6, 6.07) is 5.96. The van der Waals surface area contributed by atoms with Gasteiger partial charge < -0.3 is 5.32 Å². The molecular formula is C17H24ClNO. The number of rotatable bonds is 3. The molecule has 1 aliphatic rings. The lowest BCUT2D eigenvalue weighted by atomic mass is 9.78. The van der Waals surface area contributed by atoms with E-state index in [0.717, 1.165) is 48.3 Å². The van der Waals surface area contributed by atoms with E-state index in [1.165, 1.54) is 0 Å². The zero-order valence-electron chi connectivity index (χ0n) is 12.6. The molecule has 2 nitrogen and oxygen atoms in total. The molecule has 2 rings (SSSR count). The summed E-state index contributed by atoms with van der Waals surface area (Å²) in [5, 5.41) is 3.23. The van der Waals surface area contributed by atoms with E-state index < -0.39 is 0 Å². The van der Waals surface area contributed by atoms with E-state index in [-0.39, 0.29) is 11.4 Å². The second-order valence-corrected chi connectivity index (χ2v) is 6.58. The van der Waals surface area contributed by atoms with Gasteiger partial charge in [-0.3, -0.25) is 4.79 Å². The van der Waals surface area contributed by atoms with Crippen molar-refractivity contribution in [1.29, 1.82) is 0 Å². The van der Waals surface area contributed by atoms with Crippen molar-refractivity contribution in [3.8, 4) is 0 Å². The van der Waals surface area contributed by atoms with Gasteiger partial charge in [-0.1, -0.05) is 25.1 Å². The van der Waals surface area contributed by atoms with Gasteiger partial charge in [-0.2, -0.15) is 0 Å². The van der Waals surface area contributed by atoms with Crippen LogP contribution in [0.2, 0.25) is 0 Å². The van der Waals surface area contributed by atoms with Gasteiger partial charge in [0.25, 0.3) is 5.91 Å². The van der Waals surface area contributed by atoms with Crippen LogP contribution in [-0.2, 0) is 0 Å². The lowest BCUT2D eigenvalue weighted by Gasteiger charge is -2.39. The monoisotopic (exact) mass is 293 g/mol. The number of nitrogens with one attached hydrogen (secondary N) is 1. The number of carbonyl (C=O) groups excluding carboxylic acids is 1. The molecular weight excluding hydrogens is 270 g/mol. The summed E-state index contributed by atoms with van der Waals surface area (Å²) >= 11 is 6.18. The minimum atomic E-state index is -0.222. The van der Waals surface area contributed by atoms with Crippen LogP contribution >= 0.6 is 11.6 Å². The second-order valence-electron chi connectivity index (χ2n) is 6.32. The molecule has 20 heavy (non-hydrogen) atoms. The first-order valence-electron chi connectivity index (χ1n) is 7.42. The molecule has 0 aromatic heterocycles. The lowest BCUT2D eigenvalue weighted by Crippen LogP contribution is -2.52. The molecule has 1 amide bonds. The summed E-state index contributed by atoms with van der Waals surface area (Å²) in [7, 11) is 0. The maximum absolute atomic E-state index is 12.6. The van der Waals surface area contributed by atoms with E-state index >= 15 is 0 Å². The second kappa shape index (κ2) is 6.17. The fourth-order valence-corrected chi connectivity index (χ4v) is 3.42. The van der Waals surface area contributed by atoms with E-state index in [9.17, 15) is 4.79 Å². The maximum atomic E-state index is 12.6. The number of amides is 1. The topological polar surface area (TPSA) is 29.1 Å². The van der Waals surface area contributed by atoms with Crippen LogP contribution in [0.15, 0.2) is 18.2 Å². The normalized spacial score (nSPS) is 26.3. The summed E-state index contributed by atoms with van der Waals surface area (Å²) < 4.78 is 0. The Balaban J connectivity index is 2.18. The Morgan fingerprint density at radius 2 is 1.85 bits per heavy atom. The summed E-state index contributed by atoms with van der Waals surface area (Å²) in [5.41, 5.74) is 2.63. The van der Waals surface area contributed by atoms with Crippen LogP contribution in [0.4, 0.5) is 0 Å². The van der Waals surface area contributed by atoms with Crippen molar-refractivity contribution in [1.82, 2.24) is 5.32 Å². The van der Waals surface area contributed by atoms with Crippen LogP contribution in [-0.4, -0.2) is 17.3 Å². The van der Waals surface area contributed by atoms with E-state index in [1.807, 2.05) is 32.0 Å². The standard InChI is InChI=1S/C17H24ClNO/c1-12-7-9-17(11-18,10-8-12)19-16(20)15-13(2)5-4-6-14(15)3/h4-6,12H,7-11H2,1-3H3,(H,19,20). The van der Waals surface area contributed by atoms with Crippen LogP contribution in [0.25, 0.3) is 0 Å². The van der Waals surface area contributed by atoms with Gasteiger partial charge in [0.1, 0.15) is 0 Å². The average molecular weight is 294 g/mol. The first kappa shape index (κ1) is 15.4. The largest absolute Gasteiger partial charge is 0.345 e. The molecule has 0 atom stereocenters. The van der Waals surface area contributed by atoms with Gasteiger partial charge in [0.15, 0.2) is 0 Å². The minimum absolute atomic E-state index is 0.0239. The number of benzene rings is 1. The van der Waals surface area contributed by atoms with E-state index in [0.29, 0.717) is 5.88 Å². The molecule has 1 saturated carbocycles. The average Bonchev–Trinajstić information content (AvgIpc) is 2.41. The van der Waals surface area contributed by atoms with Gasteiger partial charge in [-0.15, -0.1) is 11.6 Å². The molecule has 1 fully saturated rings. The van der Waals surface area contributed by atoms with Crippen molar-refractivity contribution < 1.29 is 4.79 Å². The molecule has 1 aliphatic carbocycles. The highest BCUT2D eigenvalue weighted by atomic mass is 35.5. The number of carbonyl (C=O) groups is 1. The summed E-state index contributed by atoms with van der Waals surface area (Å²) in [6.45, 7) is 6.24. The molecule has 0 unspecified atom stereocenters. The van der Waals surface area contributed by atoms with Crippen LogP contribution < -0.4 is 5.32 Å². The Kier molecular flexibility index (Phi) is 4.74. The lowest BCUT2D eigenvalue weighted by molar-refractivity contribution is 0.0871. The van der Waals surface area contributed by atoms with Crippen molar-refractivity contribution in [2.75, 3.05) is 5.88 Å². The van der Waals surface area contributed by atoms with Crippen molar-refractivity contribution in [3.63, 3.8) is 0 Å². The Bertz CT molecular complexity index is 470. The summed E-state index contributed by atoms with van der Waals surface area (Å²) in [4.78, 5) is 12.6. The van der Waals surface area contributed by atoms with Crippen molar-refractivity contribution in [2.24, 2.45) is 5.92 Å². The minimum Gasteiger partial charge on any atom is -0.345 e. The molecule has 110 valence electrons. The smallest absolute Gasteiger partial charge is 0.252 e. The zero-order valence-corrected chi connectivity index (χ0v) is 13.4. The SMILES string of the molecule is Cc1cccc(C)c1C(=O)NC1(CCl)CCC(C)CC1. The maximum Gasteiger partial charge on any atom is 0.252 e. The molecule has 0 saturated heterocycles. The summed E-state index contributed by atoms with van der Waals surface area (Å²) in [6.07, 6.45) is 4.24. The van der Waals surface area contributed by atoms with Crippen LogP contribution in [0.5, 0.6) is 0 Å². The van der Waals surface area contributed by atoms with Gasteiger partial charge in [-0.25, -0.2) is 0 Å². The predicted molar refractivity (Wildman–Crippen MR) is 84.5 cm³/mol. The molecule has 0 aliphatic heterocycles. The van der Waals surface area contributed by atoms with E-state index in [2.05, 4.69) is 12.2 Å². The number of hydrogen-bond donors (Lipinski definition) is 1. The highest BCUT2D eigenvalue weighted by Gasteiger charge is 2.35. The Morgan fingerprint density at radius 1 is 1.30 bits per heavy atom. The third-order valence-corrected chi connectivity index (χ3v) is 5.09. The predicted octanol–water partition coefficient (Wildman–Crippen LogP) is 4.22. The molecule has 1 N–H and O–H groups in total. The van der Waals surface area contributed by atoms with Crippen LogP contribution in [0.1, 0.15) is 54.1 Å². The number of alkyl halides is 1. The summed E-state index contributed by atoms with van der Waals surface area (Å²) in [5.74, 6) is 1.26. The molecule has 3 heteroatoms. The first-order chi connectivity index (χ1) is 9.47. The Morgan fingerprint density at radius 3 is 2.35 bits per heavy atom. The molecule has 0 heterocycles. The Hall–Kier alpha value is -1.02. The van der Waals surface area contributed by atoms with Crippen LogP contribution in [0.3, 0.4) is 0 Å². The fourth-order valence-electron chi connectivity index (χ4n) is 3.08. The van der Waals surface area contributed by atoms with Gasteiger partial charge >= 0.3 is 0 Å². The number of halogens is 1. The molecule has 0 bridgehead atoms. The fraction of sp³-hybridized carbons (Fsp3) is 0.588. The van der Waals surface area contributed by atoms with Gasteiger partial charge in [0.2, 0.25) is 0 Å². The highest BCUT2D eigenvalue weighted by molar-refractivity contribution is 6.19. The first-order valence-corrected chi connectivity index (χ1v) is 7.95. The third kappa shape index (κ3) is 3.17. The van der Waals surface area contributed by atoms with Crippen molar-refractivity contribution >= 4 is 17.5 Å². The number of aryl methyl sites for hydroxylation is 2. The quantitative estimate of drug-likeness (QED) is 0.831. The van der Waals surface area contributed by atoms with Crippen molar-refractivity contribution in [2.45, 2.75) is 52.0 Å². The number of hydrogen-bond acceptors (Lipinski definition) is 1. The van der Waals surface area contributed by atoms with E-state index in [1.54, 1.807) is 0 Å². The molecule has 1 aromatic carbocycles. The Labute approximate surface area is 126 Å². The molecule has 0 spiro atoms. The molecule has 1 aromatic rings.